The first-order valence-corrected chi connectivity index (χ1v) is 24.0. The van der Waals surface area contributed by atoms with Gasteiger partial charge in [0.1, 0.15) is 11.2 Å². The Balaban J connectivity index is 1.06. The molecule has 15 aromatic rings. The molecule has 0 aliphatic carbocycles. The summed E-state index contributed by atoms with van der Waals surface area (Å²) in [6.07, 6.45) is 0. The molecule has 330 valence electrons. The van der Waals surface area contributed by atoms with Crippen LogP contribution in [0.15, 0.2) is 241 Å². The highest BCUT2D eigenvalue weighted by atomic mass is 16.3. The molecule has 0 saturated carbocycles. The second-order valence-electron chi connectivity index (χ2n) is 18.4. The molecule has 6 heteroatoms. The molecule has 0 unspecified atom stereocenters. The number of rotatable bonds is 6. The molecule has 0 fully saturated rings. The molecule has 15 rings (SSSR count). The van der Waals surface area contributed by atoms with Gasteiger partial charge in [0.15, 0.2) is 17.5 Å². The summed E-state index contributed by atoms with van der Waals surface area (Å²) in [7, 11) is 0. The van der Waals surface area contributed by atoms with Gasteiger partial charge in [-0.3, -0.25) is 0 Å². The van der Waals surface area contributed by atoms with E-state index in [9.17, 15) is 0 Å². The van der Waals surface area contributed by atoms with Crippen LogP contribution in [0.5, 0.6) is 0 Å². The Hall–Kier alpha value is -9.65. The maximum atomic E-state index is 7.09. The molecule has 0 spiro atoms. The largest absolute Gasteiger partial charge is 0.455 e. The first kappa shape index (κ1) is 39.4. The highest BCUT2D eigenvalue weighted by molar-refractivity contribution is 6.18. The Morgan fingerprint density at radius 1 is 0.296 bits per heavy atom. The average Bonchev–Trinajstić information content (AvgIpc) is 4.09. The number of furan rings is 1. The minimum absolute atomic E-state index is 0.514. The first-order chi connectivity index (χ1) is 35.2. The molecule has 0 aliphatic rings. The molecule has 0 radical (unpaired) electrons. The third-order valence-electron chi connectivity index (χ3n) is 14.3. The Morgan fingerprint density at radius 3 is 1.62 bits per heavy atom. The molecule has 0 amide bonds. The van der Waals surface area contributed by atoms with Crippen LogP contribution in [0, 0.1) is 0 Å². The Morgan fingerprint density at radius 2 is 0.845 bits per heavy atom. The lowest BCUT2D eigenvalue weighted by Gasteiger charge is -2.13. The number of fused-ring (bicyclic) bond motifs is 11. The molecule has 0 atom stereocenters. The van der Waals surface area contributed by atoms with Crippen molar-refractivity contribution >= 4 is 87.1 Å². The van der Waals surface area contributed by atoms with Gasteiger partial charge in [-0.2, -0.15) is 0 Å². The van der Waals surface area contributed by atoms with Gasteiger partial charge in [0.2, 0.25) is 0 Å². The standard InChI is InChI=1S/C65H39N5O/c1-3-17-40(18-4-1)41-23-15-24-46(33-41)63-66-64(51-29-16-32-58-61(51)50-28-12-14-31-57(50)69(58)47-25-5-2-6-26-47)68-65(67-63)55-39-48(38-54-53-35-43-20-8-10-22-45(43)37-60(53)71-62(54)55)70-56-30-13-11-27-49(56)52-34-42-19-7-9-21-44(42)36-59(52)70/h1-39H. The van der Waals surface area contributed by atoms with E-state index in [1.807, 2.05) is 6.07 Å². The van der Waals surface area contributed by atoms with Gasteiger partial charge in [-0.05, 0) is 105 Å². The van der Waals surface area contributed by atoms with Gasteiger partial charge in [0.25, 0.3) is 0 Å². The van der Waals surface area contributed by atoms with E-state index >= 15 is 0 Å². The first-order valence-electron chi connectivity index (χ1n) is 24.0. The predicted octanol–water partition coefficient (Wildman–Crippen LogP) is 16.9. The molecule has 4 heterocycles. The van der Waals surface area contributed by atoms with Gasteiger partial charge in [-0.25, -0.2) is 15.0 Å². The number of hydrogen-bond donors (Lipinski definition) is 0. The van der Waals surface area contributed by atoms with E-state index in [-0.39, 0.29) is 0 Å². The van der Waals surface area contributed by atoms with Crippen LogP contribution in [-0.2, 0) is 0 Å². The van der Waals surface area contributed by atoms with Crippen molar-refractivity contribution in [2.24, 2.45) is 0 Å². The average molecular weight is 906 g/mol. The summed E-state index contributed by atoms with van der Waals surface area (Å²) in [6, 6.07) is 83.9. The van der Waals surface area contributed by atoms with Crippen molar-refractivity contribution in [3.8, 4) is 56.7 Å². The molecule has 4 aromatic heterocycles. The van der Waals surface area contributed by atoms with Gasteiger partial charge in [0.05, 0.1) is 27.6 Å². The normalized spacial score (nSPS) is 11.9. The Labute approximate surface area is 407 Å². The van der Waals surface area contributed by atoms with E-state index in [1.54, 1.807) is 0 Å². The Kier molecular flexibility index (Phi) is 8.56. The fourth-order valence-electron chi connectivity index (χ4n) is 11.1. The van der Waals surface area contributed by atoms with Crippen molar-refractivity contribution in [1.82, 2.24) is 24.1 Å². The van der Waals surface area contributed by atoms with Crippen molar-refractivity contribution in [1.29, 1.82) is 0 Å². The van der Waals surface area contributed by atoms with Gasteiger partial charge < -0.3 is 13.6 Å². The molecule has 0 aliphatic heterocycles. The quantitative estimate of drug-likeness (QED) is 0.167. The highest BCUT2D eigenvalue weighted by Gasteiger charge is 2.24. The second kappa shape index (κ2) is 15.4. The number of para-hydroxylation sites is 3. The molecule has 6 nitrogen and oxygen atoms in total. The topological polar surface area (TPSA) is 61.7 Å². The lowest BCUT2D eigenvalue weighted by Crippen LogP contribution is -2.02. The van der Waals surface area contributed by atoms with Crippen LogP contribution in [0.4, 0.5) is 0 Å². The third-order valence-corrected chi connectivity index (χ3v) is 14.3. The summed E-state index contributed by atoms with van der Waals surface area (Å²) < 4.78 is 11.8. The molecule has 0 N–H and O–H groups in total. The molecular weight excluding hydrogens is 867 g/mol. The van der Waals surface area contributed by atoms with Crippen LogP contribution < -0.4 is 0 Å². The van der Waals surface area contributed by atoms with Gasteiger partial charge in [-0.15, -0.1) is 0 Å². The molecule has 11 aromatic carbocycles. The minimum atomic E-state index is 0.514. The summed E-state index contributed by atoms with van der Waals surface area (Å²) in [6.45, 7) is 0. The van der Waals surface area contributed by atoms with Crippen molar-refractivity contribution in [3.05, 3.63) is 237 Å². The fraction of sp³-hybridized carbons (Fsp3) is 0. The van der Waals surface area contributed by atoms with Crippen molar-refractivity contribution < 1.29 is 4.42 Å². The van der Waals surface area contributed by atoms with E-state index in [2.05, 4.69) is 240 Å². The van der Waals surface area contributed by atoms with Gasteiger partial charge >= 0.3 is 0 Å². The zero-order valence-electron chi connectivity index (χ0n) is 38.2. The predicted molar refractivity (Wildman–Crippen MR) is 293 cm³/mol. The maximum Gasteiger partial charge on any atom is 0.167 e. The molecule has 0 saturated heterocycles. The van der Waals surface area contributed by atoms with E-state index in [4.69, 9.17) is 19.4 Å². The van der Waals surface area contributed by atoms with Gasteiger partial charge in [-0.1, -0.05) is 164 Å². The fourth-order valence-corrected chi connectivity index (χ4v) is 11.1. The van der Waals surface area contributed by atoms with Crippen LogP contribution in [0.3, 0.4) is 0 Å². The lowest BCUT2D eigenvalue weighted by atomic mass is 10.0. The third kappa shape index (κ3) is 6.18. The molecule has 71 heavy (non-hydrogen) atoms. The van der Waals surface area contributed by atoms with Crippen molar-refractivity contribution in [2.75, 3.05) is 0 Å². The number of benzene rings is 11. The molecular formula is C65H39N5O. The number of aromatic nitrogens is 5. The summed E-state index contributed by atoms with van der Waals surface area (Å²) in [5.41, 5.74) is 12.7. The summed E-state index contributed by atoms with van der Waals surface area (Å²) in [4.78, 5) is 16.5. The maximum absolute atomic E-state index is 7.09. The van der Waals surface area contributed by atoms with Crippen LogP contribution in [-0.4, -0.2) is 24.1 Å². The monoisotopic (exact) mass is 905 g/mol. The van der Waals surface area contributed by atoms with Gasteiger partial charge in [0, 0.05) is 54.8 Å². The van der Waals surface area contributed by atoms with Crippen LogP contribution in [0.25, 0.3) is 144 Å². The Bertz CT molecular complexity index is 4640. The van der Waals surface area contributed by atoms with E-state index < -0.39 is 0 Å². The minimum Gasteiger partial charge on any atom is -0.455 e. The zero-order chi connectivity index (χ0) is 46.6. The van der Waals surface area contributed by atoms with E-state index in [0.29, 0.717) is 23.1 Å². The van der Waals surface area contributed by atoms with Crippen LogP contribution >= 0.6 is 0 Å². The highest BCUT2D eigenvalue weighted by Crippen LogP contribution is 2.44. The van der Waals surface area contributed by atoms with Crippen LogP contribution in [0.2, 0.25) is 0 Å². The van der Waals surface area contributed by atoms with E-state index in [0.717, 1.165) is 99.2 Å². The number of hydrogen-bond acceptors (Lipinski definition) is 4. The zero-order valence-corrected chi connectivity index (χ0v) is 38.2. The lowest BCUT2D eigenvalue weighted by molar-refractivity contribution is 0.670. The summed E-state index contributed by atoms with van der Waals surface area (Å²) in [5, 5.41) is 11.2. The van der Waals surface area contributed by atoms with E-state index in [1.165, 1.54) is 21.5 Å². The second-order valence-corrected chi connectivity index (χ2v) is 18.4. The smallest absolute Gasteiger partial charge is 0.167 e. The number of nitrogens with zero attached hydrogens (tertiary/aromatic N) is 5. The SMILES string of the molecule is c1ccc(-c2cccc(-c3nc(-c4cc(-n5c6ccccc6c6cc7ccccc7cc65)cc5c4oc4cc6ccccc6cc45)nc(-c4cccc5c4c4ccccc4n5-c4ccccc4)n3)c2)cc1. The van der Waals surface area contributed by atoms with Crippen molar-refractivity contribution in [3.63, 3.8) is 0 Å². The van der Waals surface area contributed by atoms with Crippen LogP contribution in [0.1, 0.15) is 0 Å². The summed E-state index contributed by atoms with van der Waals surface area (Å²) in [5.74, 6) is 1.65. The summed E-state index contributed by atoms with van der Waals surface area (Å²) >= 11 is 0. The van der Waals surface area contributed by atoms with Crippen molar-refractivity contribution in [2.45, 2.75) is 0 Å². The molecule has 0 bridgehead atoms.